The molecule has 1 fully saturated rings. The fraction of sp³-hybridized carbons (Fsp3) is 0.357. The van der Waals surface area contributed by atoms with Gasteiger partial charge in [-0.15, -0.1) is 0 Å². The predicted octanol–water partition coefficient (Wildman–Crippen LogP) is 1.21. The first-order valence-electron chi connectivity index (χ1n) is 6.47. The van der Waals surface area contributed by atoms with Crippen LogP contribution >= 0.6 is 24.0 Å². The van der Waals surface area contributed by atoms with E-state index in [1.165, 1.54) is 16.7 Å². The van der Waals surface area contributed by atoms with Gasteiger partial charge in [-0.2, -0.15) is 0 Å². The Kier molecular flexibility index (Phi) is 5.58. The Labute approximate surface area is 133 Å². The summed E-state index contributed by atoms with van der Waals surface area (Å²) in [7, 11) is 1.60. The maximum absolute atomic E-state index is 11.8. The number of thiocarbonyl (C=S) groups is 1. The Hall–Kier alpha value is -1.60. The van der Waals surface area contributed by atoms with E-state index in [9.17, 15) is 9.59 Å². The van der Waals surface area contributed by atoms with E-state index in [0.717, 1.165) is 11.3 Å². The topological polar surface area (TPSA) is 58.6 Å². The molecule has 0 atom stereocenters. The monoisotopic (exact) mass is 324 g/mol. The van der Waals surface area contributed by atoms with Gasteiger partial charge >= 0.3 is 0 Å². The summed E-state index contributed by atoms with van der Waals surface area (Å²) < 4.78 is 5.65. The van der Waals surface area contributed by atoms with Gasteiger partial charge in [0.15, 0.2) is 0 Å². The van der Waals surface area contributed by atoms with Crippen LogP contribution in [-0.2, 0) is 16.0 Å². The van der Waals surface area contributed by atoms with Crippen molar-refractivity contribution in [2.75, 3.05) is 26.0 Å². The van der Waals surface area contributed by atoms with Gasteiger partial charge in [-0.3, -0.25) is 14.5 Å². The maximum atomic E-state index is 11.8. The van der Waals surface area contributed by atoms with Crippen molar-refractivity contribution in [3.8, 4) is 5.75 Å². The van der Waals surface area contributed by atoms with Crippen LogP contribution in [0.25, 0.3) is 0 Å². The average Bonchev–Trinajstić information content (AvgIpc) is 2.80. The van der Waals surface area contributed by atoms with Gasteiger partial charge in [-0.25, -0.2) is 0 Å². The molecule has 0 unspecified atom stereocenters. The molecule has 2 amide bonds. The number of carbonyl (C=O) groups is 2. The highest BCUT2D eigenvalue weighted by molar-refractivity contribution is 8.23. The molecule has 0 spiro atoms. The van der Waals surface area contributed by atoms with E-state index < -0.39 is 0 Å². The number of rotatable bonds is 6. The summed E-state index contributed by atoms with van der Waals surface area (Å²) in [5.74, 6) is 1.09. The molecule has 7 heteroatoms. The van der Waals surface area contributed by atoms with E-state index in [1.54, 1.807) is 7.11 Å². The van der Waals surface area contributed by atoms with Gasteiger partial charge in [0.05, 0.1) is 19.3 Å². The van der Waals surface area contributed by atoms with Crippen LogP contribution in [0.1, 0.15) is 5.56 Å². The molecule has 0 radical (unpaired) electrons. The zero-order chi connectivity index (χ0) is 15.2. The Bertz CT molecular complexity index is 530. The molecular weight excluding hydrogens is 308 g/mol. The van der Waals surface area contributed by atoms with E-state index in [1.807, 2.05) is 24.3 Å². The largest absolute Gasteiger partial charge is 0.497 e. The molecule has 1 aromatic rings. The lowest BCUT2D eigenvalue weighted by atomic mass is 10.1. The molecule has 1 saturated heterocycles. The van der Waals surface area contributed by atoms with Crippen LogP contribution in [-0.4, -0.2) is 47.0 Å². The van der Waals surface area contributed by atoms with Crippen LogP contribution in [0.2, 0.25) is 0 Å². The zero-order valence-electron chi connectivity index (χ0n) is 11.6. The summed E-state index contributed by atoms with van der Waals surface area (Å²) in [6.45, 7) is 0.834. The number of hydrogen-bond acceptors (Lipinski definition) is 5. The van der Waals surface area contributed by atoms with Crippen LogP contribution in [0, 0.1) is 0 Å². The van der Waals surface area contributed by atoms with Gasteiger partial charge in [0.1, 0.15) is 10.1 Å². The summed E-state index contributed by atoms with van der Waals surface area (Å²) in [6.07, 6.45) is 0.303. The number of nitrogens with one attached hydrogen (secondary N) is 1. The van der Waals surface area contributed by atoms with Crippen LogP contribution in [0.15, 0.2) is 24.3 Å². The molecule has 112 valence electrons. The lowest BCUT2D eigenvalue weighted by molar-refractivity contribution is -0.125. The molecule has 1 aliphatic heterocycles. The van der Waals surface area contributed by atoms with Crippen LogP contribution < -0.4 is 10.1 Å². The molecule has 21 heavy (non-hydrogen) atoms. The second-order valence-corrected chi connectivity index (χ2v) is 6.08. The lowest BCUT2D eigenvalue weighted by Gasteiger charge is -2.15. The van der Waals surface area contributed by atoms with E-state index in [-0.39, 0.29) is 11.8 Å². The molecule has 2 rings (SSSR count). The summed E-state index contributed by atoms with van der Waals surface area (Å²) in [5, 5.41) is 2.79. The van der Waals surface area contributed by atoms with Crippen molar-refractivity contribution in [1.29, 1.82) is 0 Å². The van der Waals surface area contributed by atoms with E-state index >= 15 is 0 Å². The number of methoxy groups -OCH3 is 1. The van der Waals surface area contributed by atoms with E-state index in [2.05, 4.69) is 5.32 Å². The molecule has 0 bridgehead atoms. The minimum Gasteiger partial charge on any atom is -0.497 e. The summed E-state index contributed by atoms with van der Waals surface area (Å²) in [4.78, 5) is 24.9. The summed E-state index contributed by atoms with van der Waals surface area (Å²) in [6, 6.07) is 7.35. The zero-order valence-corrected chi connectivity index (χ0v) is 13.3. The molecule has 1 aliphatic rings. The van der Waals surface area contributed by atoms with Gasteiger partial charge in [0.25, 0.3) is 0 Å². The summed E-state index contributed by atoms with van der Waals surface area (Å²) >= 11 is 6.43. The fourth-order valence-electron chi connectivity index (χ4n) is 1.90. The van der Waals surface area contributed by atoms with E-state index in [0.29, 0.717) is 29.6 Å². The smallest absolute Gasteiger partial charge is 0.238 e. The Morgan fingerprint density at radius 3 is 2.71 bits per heavy atom. The van der Waals surface area contributed by atoms with Gasteiger partial charge in [0, 0.05) is 13.1 Å². The van der Waals surface area contributed by atoms with Gasteiger partial charge in [0.2, 0.25) is 11.8 Å². The number of benzene rings is 1. The average molecular weight is 324 g/mol. The van der Waals surface area contributed by atoms with E-state index in [4.69, 9.17) is 17.0 Å². The third-order valence-corrected chi connectivity index (χ3v) is 4.45. The lowest BCUT2D eigenvalue weighted by Crippen LogP contribution is -2.37. The Balaban J connectivity index is 1.74. The van der Waals surface area contributed by atoms with Crippen molar-refractivity contribution in [3.05, 3.63) is 29.8 Å². The second-order valence-electron chi connectivity index (χ2n) is 4.47. The molecule has 1 N–H and O–H groups in total. The Morgan fingerprint density at radius 1 is 1.43 bits per heavy atom. The number of carbonyl (C=O) groups excluding carboxylic acids is 2. The second kappa shape index (κ2) is 7.42. The molecule has 0 aliphatic carbocycles. The molecule has 0 aromatic heterocycles. The maximum Gasteiger partial charge on any atom is 0.238 e. The van der Waals surface area contributed by atoms with Crippen molar-refractivity contribution in [2.24, 2.45) is 0 Å². The highest BCUT2D eigenvalue weighted by Crippen LogP contribution is 2.18. The van der Waals surface area contributed by atoms with Crippen molar-refractivity contribution in [1.82, 2.24) is 10.2 Å². The SMILES string of the molecule is COc1ccc(CC(=O)NCCN2C(=O)CSC2=S)cc1. The van der Waals surface area contributed by atoms with Crippen LogP contribution in [0.3, 0.4) is 0 Å². The van der Waals surface area contributed by atoms with Crippen molar-refractivity contribution in [3.63, 3.8) is 0 Å². The first-order chi connectivity index (χ1) is 10.1. The predicted molar refractivity (Wildman–Crippen MR) is 86.5 cm³/mol. The van der Waals surface area contributed by atoms with Crippen molar-refractivity contribution in [2.45, 2.75) is 6.42 Å². The molecular formula is C14H16N2O3S2. The van der Waals surface area contributed by atoms with Gasteiger partial charge in [-0.1, -0.05) is 36.1 Å². The molecule has 1 heterocycles. The van der Waals surface area contributed by atoms with Crippen molar-refractivity contribution >= 4 is 40.1 Å². The quantitative estimate of drug-likeness (QED) is 0.797. The van der Waals surface area contributed by atoms with Crippen LogP contribution in [0.4, 0.5) is 0 Å². The Morgan fingerprint density at radius 2 is 2.14 bits per heavy atom. The number of amides is 2. The first kappa shape index (κ1) is 15.8. The number of thioether (sulfide) groups is 1. The molecule has 0 saturated carbocycles. The van der Waals surface area contributed by atoms with Crippen molar-refractivity contribution < 1.29 is 14.3 Å². The minimum absolute atomic E-state index is 0.00871. The summed E-state index contributed by atoms with van der Waals surface area (Å²) in [5.41, 5.74) is 0.914. The fourth-order valence-corrected chi connectivity index (χ4v) is 3.02. The molecule has 1 aromatic carbocycles. The standard InChI is InChI=1S/C14H16N2O3S2/c1-19-11-4-2-10(3-5-11)8-12(17)15-6-7-16-13(18)9-21-14(16)20/h2-5H,6-9H2,1H3,(H,15,17). The third kappa shape index (κ3) is 4.44. The normalized spacial score (nSPS) is 14.4. The number of ether oxygens (including phenoxy) is 1. The minimum atomic E-state index is -0.0783. The number of nitrogens with zero attached hydrogens (tertiary/aromatic N) is 1. The highest BCUT2D eigenvalue weighted by atomic mass is 32.2. The van der Waals surface area contributed by atoms with Gasteiger partial charge in [-0.05, 0) is 17.7 Å². The van der Waals surface area contributed by atoms with Gasteiger partial charge < -0.3 is 10.1 Å². The number of hydrogen-bond donors (Lipinski definition) is 1. The third-order valence-electron chi connectivity index (χ3n) is 3.02. The molecule has 5 nitrogen and oxygen atoms in total. The first-order valence-corrected chi connectivity index (χ1v) is 7.86. The highest BCUT2D eigenvalue weighted by Gasteiger charge is 2.25. The van der Waals surface area contributed by atoms with Crippen LogP contribution in [0.5, 0.6) is 5.75 Å².